The van der Waals surface area contributed by atoms with Crippen molar-refractivity contribution in [2.24, 2.45) is 7.05 Å². The third-order valence-electron chi connectivity index (χ3n) is 2.13. The summed E-state index contributed by atoms with van der Waals surface area (Å²) in [6.45, 7) is 0.376. The van der Waals surface area contributed by atoms with Gasteiger partial charge in [0.25, 0.3) is 5.91 Å². The number of amides is 1. The van der Waals surface area contributed by atoms with Crippen LogP contribution < -0.4 is 5.32 Å². The van der Waals surface area contributed by atoms with Gasteiger partial charge in [0.15, 0.2) is 10.4 Å². The summed E-state index contributed by atoms with van der Waals surface area (Å²) < 4.78 is 7.51. The molecule has 0 unspecified atom stereocenters. The van der Waals surface area contributed by atoms with E-state index in [4.69, 9.17) is 4.42 Å². The Morgan fingerprint density at radius 3 is 3.00 bits per heavy atom. The van der Waals surface area contributed by atoms with Crippen LogP contribution in [0.3, 0.4) is 0 Å². The van der Waals surface area contributed by atoms with E-state index in [-0.39, 0.29) is 11.7 Å². The molecule has 0 fully saturated rings. The van der Waals surface area contributed by atoms with Crippen molar-refractivity contribution in [2.75, 3.05) is 0 Å². The summed E-state index contributed by atoms with van der Waals surface area (Å²) in [6, 6.07) is 3.29. The van der Waals surface area contributed by atoms with Crippen molar-refractivity contribution in [3.63, 3.8) is 0 Å². The fourth-order valence-electron chi connectivity index (χ4n) is 1.25. The Balaban J connectivity index is 1.96. The van der Waals surface area contributed by atoms with Crippen LogP contribution in [-0.2, 0) is 13.6 Å². The molecule has 0 aliphatic carbocycles. The number of hydrogen-bond donors (Lipinski definition) is 1. The van der Waals surface area contributed by atoms with E-state index in [1.165, 1.54) is 0 Å². The number of furan rings is 1. The van der Waals surface area contributed by atoms with Crippen LogP contribution >= 0.6 is 15.9 Å². The predicted octanol–water partition coefficient (Wildman–Crippen LogP) is 1.71. The van der Waals surface area contributed by atoms with Crippen molar-refractivity contribution in [3.8, 4) is 0 Å². The molecule has 0 saturated carbocycles. The number of hydrogen-bond acceptors (Lipinski definition) is 3. The molecule has 5 nitrogen and oxygen atoms in total. The van der Waals surface area contributed by atoms with Crippen LogP contribution in [0.4, 0.5) is 0 Å². The number of halogens is 1. The van der Waals surface area contributed by atoms with E-state index < -0.39 is 0 Å². The summed E-state index contributed by atoms with van der Waals surface area (Å²) in [4.78, 5) is 15.7. The largest absolute Gasteiger partial charge is 0.444 e. The van der Waals surface area contributed by atoms with E-state index in [9.17, 15) is 4.79 Å². The topological polar surface area (TPSA) is 60.1 Å². The smallest absolute Gasteiger partial charge is 0.287 e. The van der Waals surface area contributed by atoms with Gasteiger partial charge in [0, 0.05) is 19.4 Å². The molecule has 1 amide bonds. The molecule has 0 atom stereocenters. The predicted molar refractivity (Wildman–Crippen MR) is 60.8 cm³/mol. The van der Waals surface area contributed by atoms with Gasteiger partial charge in [0.2, 0.25) is 0 Å². The number of carbonyl (C=O) groups excluding carboxylic acids is 1. The number of aryl methyl sites for hydroxylation is 1. The SMILES string of the molecule is Cn1ccnc1CNC(=O)c1ccc(Br)o1. The second-order valence-electron chi connectivity index (χ2n) is 3.24. The summed E-state index contributed by atoms with van der Waals surface area (Å²) in [5.74, 6) is 0.814. The number of rotatable bonds is 3. The van der Waals surface area contributed by atoms with Gasteiger partial charge in [-0.1, -0.05) is 0 Å². The molecule has 0 bridgehead atoms. The lowest BCUT2D eigenvalue weighted by molar-refractivity contribution is 0.0920. The lowest BCUT2D eigenvalue weighted by Gasteiger charge is -2.02. The number of carbonyl (C=O) groups is 1. The number of nitrogens with zero attached hydrogens (tertiary/aromatic N) is 2. The molecule has 0 spiro atoms. The van der Waals surface area contributed by atoms with Gasteiger partial charge in [0.1, 0.15) is 5.82 Å². The Morgan fingerprint density at radius 1 is 1.62 bits per heavy atom. The van der Waals surface area contributed by atoms with Crippen LogP contribution in [0.2, 0.25) is 0 Å². The molecule has 6 heteroatoms. The molecular weight excluding hydrogens is 274 g/mol. The molecule has 0 aromatic carbocycles. The van der Waals surface area contributed by atoms with E-state index in [0.717, 1.165) is 5.82 Å². The van der Waals surface area contributed by atoms with E-state index in [0.29, 0.717) is 11.2 Å². The summed E-state index contributed by atoms with van der Waals surface area (Å²) >= 11 is 3.14. The Morgan fingerprint density at radius 2 is 2.44 bits per heavy atom. The number of imidazole rings is 1. The van der Waals surface area contributed by atoms with Gasteiger partial charge >= 0.3 is 0 Å². The minimum atomic E-state index is -0.256. The molecule has 0 aliphatic heterocycles. The van der Waals surface area contributed by atoms with Gasteiger partial charge in [-0.25, -0.2) is 4.98 Å². The zero-order valence-electron chi connectivity index (χ0n) is 8.61. The molecule has 0 radical (unpaired) electrons. The maximum Gasteiger partial charge on any atom is 0.287 e. The highest BCUT2D eigenvalue weighted by molar-refractivity contribution is 9.10. The molecule has 0 aliphatic rings. The molecule has 1 N–H and O–H groups in total. The van der Waals surface area contributed by atoms with Gasteiger partial charge in [-0.3, -0.25) is 4.79 Å². The molecule has 2 aromatic rings. The first-order valence-corrected chi connectivity index (χ1v) is 5.46. The van der Waals surface area contributed by atoms with E-state index in [1.54, 1.807) is 18.3 Å². The van der Waals surface area contributed by atoms with Crippen LogP contribution in [0.25, 0.3) is 0 Å². The van der Waals surface area contributed by atoms with Crippen LogP contribution in [0, 0.1) is 0 Å². The molecule has 2 heterocycles. The highest BCUT2D eigenvalue weighted by atomic mass is 79.9. The fraction of sp³-hybridized carbons (Fsp3) is 0.200. The van der Waals surface area contributed by atoms with Crippen LogP contribution in [0.15, 0.2) is 33.6 Å². The average molecular weight is 284 g/mol. The average Bonchev–Trinajstić information content (AvgIpc) is 2.84. The molecule has 84 valence electrons. The second kappa shape index (κ2) is 4.52. The van der Waals surface area contributed by atoms with Crippen LogP contribution in [0.1, 0.15) is 16.4 Å². The van der Waals surface area contributed by atoms with Crippen molar-refractivity contribution in [2.45, 2.75) is 6.54 Å². The normalized spacial score (nSPS) is 10.4. The number of nitrogens with one attached hydrogen (secondary N) is 1. The lowest BCUT2D eigenvalue weighted by Crippen LogP contribution is -2.23. The lowest BCUT2D eigenvalue weighted by atomic mass is 10.4. The van der Waals surface area contributed by atoms with E-state index >= 15 is 0 Å². The fourth-order valence-corrected chi connectivity index (χ4v) is 1.56. The second-order valence-corrected chi connectivity index (χ2v) is 4.02. The standard InChI is InChI=1S/C10H10BrN3O2/c1-14-5-4-12-9(14)6-13-10(15)7-2-3-8(11)16-7/h2-5H,6H2,1H3,(H,13,15). The van der Waals surface area contributed by atoms with Crippen molar-refractivity contribution in [3.05, 3.63) is 40.8 Å². The van der Waals surface area contributed by atoms with E-state index in [2.05, 4.69) is 26.2 Å². The molecule has 16 heavy (non-hydrogen) atoms. The highest BCUT2D eigenvalue weighted by Gasteiger charge is 2.10. The quantitative estimate of drug-likeness (QED) is 0.933. The highest BCUT2D eigenvalue weighted by Crippen LogP contribution is 2.13. The van der Waals surface area contributed by atoms with Gasteiger partial charge in [-0.05, 0) is 28.1 Å². The minimum Gasteiger partial charge on any atom is -0.444 e. The molecular formula is C10H10BrN3O2. The van der Waals surface area contributed by atoms with Crippen molar-refractivity contribution >= 4 is 21.8 Å². The summed E-state index contributed by atoms with van der Waals surface area (Å²) in [7, 11) is 1.87. The maximum absolute atomic E-state index is 11.6. The number of aromatic nitrogens is 2. The summed E-state index contributed by atoms with van der Waals surface area (Å²) in [6.07, 6.45) is 3.51. The van der Waals surface area contributed by atoms with Gasteiger partial charge < -0.3 is 14.3 Å². The van der Waals surface area contributed by atoms with Crippen LogP contribution in [0.5, 0.6) is 0 Å². The first-order chi connectivity index (χ1) is 7.66. The third kappa shape index (κ3) is 2.33. The monoisotopic (exact) mass is 283 g/mol. The summed E-state index contributed by atoms with van der Waals surface area (Å²) in [5, 5.41) is 2.72. The maximum atomic E-state index is 11.6. The molecule has 2 aromatic heterocycles. The zero-order chi connectivity index (χ0) is 11.5. The zero-order valence-corrected chi connectivity index (χ0v) is 10.2. The molecule has 0 saturated heterocycles. The summed E-state index contributed by atoms with van der Waals surface area (Å²) in [5.41, 5.74) is 0. The van der Waals surface area contributed by atoms with Gasteiger partial charge in [0.05, 0.1) is 6.54 Å². The van der Waals surface area contributed by atoms with Crippen molar-refractivity contribution < 1.29 is 9.21 Å². The van der Waals surface area contributed by atoms with E-state index in [1.807, 2.05) is 17.8 Å². The Labute approximate surface area is 101 Å². The third-order valence-corrected chi connectivity index (χ3v) is 2.55. The van der Waals surface area contributed by atoms with Gasteiger partial charge in [-0.2, -0.15) is 0 Å². The van der Waals surface area contributed by atoms with Crippen molar-refractivity contribution in [1.29, 1.82) is 0 Å². The Bertz CT molecular complexity index is 504. The van der Waals surface area contributed by atoms with Crippen LogP contribution in [-0.4, -0.2) is 15.5 Å². The first kappa shape index (κ1) is 10.9. The Hall–Kier alpha value is -1.56. The van der Waals surface area contributed by atoms with Gasteiger partial charge in [-0.15, -0.1) is 0 Å². The van der Waals surface area contributed by atoms with Crippen molar-refractivity contribution in [1.82, 2.24) is 14.9 Å². The first-order valence-electron chi connectivity index (χ1n) is 4.66. The molecule has 2 rings (SSSR count). The Kier molecular flexibility index (Phi) is 3.09. The minimum absolute atomic E-state index is 0.256.